The van der Waals surface area contributed by atoms with Crippen LogP contribution in [-0.4, -0.2) is 49.6 Å². The lowest BCUT2D eigenvalue weighted by Crippen LogP contribution is -2.47. The lowest BCUT2D eigenvalue weighted by atomic mass is 9.84. The fraction of sp³-hybridized carbons (Fsp3) is 0.900. The first-order valence-electron chi connectivity index (χ1n) is 6.30. The molecule has 5 atom stereocenters. The standard InChI is InChI=1S/C10H12F2O8S2/c1-9-3-4-2-5(9)7(21(14,15)20-9)6(4)19-8(13)10(11,12)22(16,17)18/h4-7H,2-3H2,1H3,(H,16,17,18). The number of halogens is 2. The molecule has 0 amide bonds. The zero-order valence-electron chi connectivity index (χ0n) is 11.1. The van der Waals surface area contributed by atoms with Gasteiger partial charge >= 0.3 is 21.3 Å². The summed E-state index contributed by atoms with van der Waals surface area (Å²) in [5.41, 5.74) is -0.942. The number of esters is 1. The second-order valence-corrected chi connectivity index (χ2v) is 9.18. The number of alkyl halides is 2. The van der Waals surface area contributed by atoms with Crippen molar-refractivity contribution in [3.8, 4) is 0 Å². The molecule has 3 fully saturated rings. The van der Waals surface area contributed by atoms with Crippen molar-refractivity contribution in [2.75, 3.05) is 0 Å². The smallest absolute Gasteiger partial charge is 0.455 e. The fourth-order valence-corrected chi connectivity index (χ4v) is 6.30. The van der Waals surface area contributed by atoms with Crippen LogP contribution in [0.3, 0.4) is 0 Å². The zero-order chi connectivity index (χ0) is 16.7. The molecule has 1 N–H and O–H groups in total. The molecule has 1 heterocycles. The Kier molecular flexibility index (Phi) is 3.03. The van der Waals surface area contributed by atoms with E-state index in [9.17, 15) is 30.4 Å². The summed E-state index contributed by atoms with van der Waals surface area (Å²) in [6.07, 6.45) is -0.899. The zero-order valence-corrected chi connectivity index (χ0v) is 12.7. The van der Waals surface area contributed by atoms with Crippen molar-refractivity contribution in [3.05, 3.63) is 0 Å². The summed E-state index contributed by atoms with van der Waals surface area (Å²) in [6.45, 7) is 1.58. The summed E-state index contributed by atoms with van der Waals surface area (Å²) >= 11 is 0. The van der Waals surface area contributed by atoms with Gasteiger partial charge in [-0.1, -0.05) is 0 Å². The first-order valence-corrected chi connectivity index (χ1v) is 9.21. The predicted octanol–water partition coefficient (Wildman–Crippen LogP) is -0.0941. The Morgan fingerprint density at radius 3 is 2.59 bits per heavy atom. The molecule has 2 aliphatic carbocycles. The van der Waals surface area contributed by atoms with Gasteiger partial charge in [-0.3, -0.25) is 8.74 Å². The number of carbonyl (C=O) groups is 1. The molecule has 12 heteroatoms. The van der Waals surface area contributed by atoms with Crippen molar-refractivity contribution < 1.29 is 43.9 Å². The molecule has 8 nitrogen and oxygen atoms in total. The Morgan fingerprint density at radius 1 is 1.45 bits per heavy atom. The topological polar surface area (TPSA) is 124 Å². The van der Waals surface area contributed by atoms with Crippen molar-refractivity contribution in [1.29, 1.82) is 0 Å². The van der Waals surface area contributed by atoms with Gasteiger partial charge in [-0.15, -0.1) is 0 Å². The number of carbonyl (C=O) groups excluding carboxylic acids is 1. The minimum absolute atomic E-state index is 0.197. The molecule has 2 saturated carbocycles. The van der Waals surface area contributed by atoms with E-state index in [1.54, 1.807) is 6.92 Å². The minimum atomic E-state index is -6.00. The number of fused-ring (bicyclic) bond motifs is 1. The lowest BCUT2D eigenvalue weighted by molar-refractivity contribution is -0.170. The predicted molar refractivity (Wildman–Crippen MR) is 64.8 cm³/mol. The molecule has 0 aromatic heterocycles. The average Bonchev–Trinajstić information content (AvgIpc) is 2.84. The molecule has 1 saturated heterocycles. The summed E-state index contributed by atoms with van der Waals surface area (Å²) in [5.74, 6) is -3.51. The van der Waals surface area contributed by atoms with Crippen LogP contribution in [0.15, 0.2) is 0 Å². The van der Waals surface area contributed by atoms with E-state index in [-0.39, 0.29) is 6.42 Å². The summed E-state index contributed by atoms with van der Waals surface area (Å²) < 4.78 is 89.3. The quantitative estimate of drug-likeness (QED) is 0.419. The normalized spacial score (nSPS) is 42.5. The maximum absolute atomic E-state index is 13.2. The van der Waals surface area contributed by atoms with Crippen LogP contribution in [-0.2, 0) is 34.0 Å². The van der Waals surface area contributed by atoms with Gasteiger partial charge in [0.15, 0.2) is 0 Å². The van der Waals surface area contributed by atoms with Crippen LogP contribution < -0.4 is 0 Å². The second kappa shape index (κ2) is 4.16. The van der Waals surface area contributed by atoms with Gasteiger partial charge in [-0.05, 0) is 19.8 Å². The average molecular weight is 362 g/mol. The Balaban J connectivity index is 1.88. The first kappa shape index (κ1) is 16.0. The van der Waals surface area contributed by atoms with Crippen LogP contribution in [0.5, 0.6) is 0 Å². The van der Waals surface area contributed by atoms with Gasteiger partial charge in [0, 0.05) is 11.8 Å². The number of ether oxygens (including phenoxy) is 1. The Hall–Kier alpha value is -0.850. The molecule has 2 bridgehead atoms. The third kappa shape index (κ3) is 1.93. The highest BCUT2D eigenvalue weighted by atomic mass is 32.2. The van der Waals surface area contributed by atoms with E-state index in [1.165, 1.54) is 0 Å². The van der Waals surface area contributed by atoms with E-state index < -0.39 is 60.3 Å². The minimum Gasteiger partial charge on any atom is -0.455 e. The van der Waals surface area contributed by atoms with Crippen LogP contribution in [0.2, 0.25) is 0 Å². The Labute approximate surface area is 124 Å². The number of hydrogen-bond acceptors (Lipinski definition) is 7. The van der Waals surface area contributed by atoms with E-state index >= 15 is 0 Å². The highest BCUT2D eigenvalue weighted by molar-refractivity contribution is 7.88. The van der Waals surface area contributed by atoms with E-state index in [1.807, 2.05) is 0 Å². The Morgan fingerprint density at radius 2 is 2.05 bits per heavy atom. The molecule has 22 heavy (non-hydrogen) atoms. The molecule has 0 spiro atoms. The van der Waals surface area contributed by atoms with E-state index in [4.69, 9.17) is 8.74 Å². The molecule has 0 aromatic carbocycles. The summed E-state index contributed by atoms with van der Waals surface area (Å²) in [4.78, 5) is 11.4. The fourth-order valence-electron chi connectivity index (χ4n) is 3.80. The monoisotopic (exact) mass is 362 g/mol. The third-order valence-electron chi connectivity index (χ3n) is 4.64. The molecule has 0 radical (unpaired) electrons. The largest absolute Gasteiger partial charge is 0.465 e. The molecule has 1 aliphatic heterocycles. The van der Waals surface area contributed by atoms with E-state index in [0.29, 0.717) is 6.42 Å². The van der Waals surface area contributed by atoms with Gasteiger partial charge in [0.25, 0.3) is 10.1 Å². The second-order valence-electron chi connectivity index (χ2n) is 6.02. The van der Waals surface area contributed by atoms with Crippen molar-refractivity contribution in [2.45, 2.75) is 42.0 Å². The molecule has 0 aromatic rings. The lowest BCUT2D eigenvalue weighted by Gasteiger charge is -2.30. The van der Waals surface area contributed by atoms with Crippen LogP contribution in [0.1, 0.15) is 19.8 Å². The van der Waals surface area contributed by atoms with Crippen molar-refractivity contribution >= 4 is 26.2 Å². The molecule has 3 aliphatic rings. The highest BCUT2D eigenvalue weighted by Crippen LogP contribution is 2.61. The van der Waals surface area contributed by atoms with Gasteiger partial charge in [0.1, 0.15) is 11.4 Å². The SMILES string of the molecule is CC12CC3CC1C(C3OC(=O)C(F)(F)S(=O)(=O)O)S(=O)(=O)O2. The van der Waals surface area contributed by atoms with Crippen LogP contribution >= 0.6 is 0 Å². The summed E-state index contributed by atoms with van der Waals surface area (Å²) in [6, 6.07) is 0. The number of hydrogen-bond donors (Lipinski definition) is 1. The molecular formula is C10H12F2O8S2. The van der Waals surface area contributed by atoms with Crippen molar-refractivity contribution in [2.24, 2.45) is 11.8 Å². The summed E-state index contributed by atoms with van der Waals surface area (Å²) in [5, 5.41) is -6.45. The molecule has 5 unspecified atom stereocenters. The molecule has 126 valence electrons. The Bertz CT molecular complexity index is 745. The highest BCUT2D eigenvalue weighted by Gasteiger charge is 2.72. The maximum Gasteiger partial charge on any atom is 0.465 e. The van der Waals surface area contributed by atoms with Crippen LogP contribution in [0, 0.1) is 11.8 Å². The van der Waals surface area contributed by atoms with Gasteiger partial charge in [0.05, 0.1) is 5.60 Å². The van der Waals surface area contributed by atoms with Gasteiger partial charge in [0.2, 0.25) is 0 Å². The van der Waals surface area contributed by atoms with Crippen LogP contribution in [0.25, 0.3) is 0 Å². The molecular weight excluding hydrogens is 350 g/mol. The van der Waals surface area contributed by atoms with Gasteiger partial charge in [-0.25, -0.2) is 4.79 Å². The summed E-state index contributed by atoms with van der Waals surface area (Å²) in [7, 11) is -10.1. The first-order chi connectivity index (χ1) is 9.80. The van der Waals surface area contributed by atoms with Gasteiger partial charge < -0.3 is 4.74 Å². The van der Waals surface area contributed by atoms with E-state index in [0.717, 1.165) is 0 Å². The van der Waals surface area contributed by atoms with Crippen LogP contribution in [0.4, 0.5) is 8.78 Å². The van der Waals surface area contributed by atoms with Crippen molar-refractivity contribution in [1.82, 2.24) is 0 Å². The van der Waals surface area contributed by atoms with E-state index in [2.05, 4.69) is 4.74 Å². The molecule has 3 rings (SSSR count). The number of rotatable bonds is 3. The van der Waals surface area contributed by atoms with Crippen molar-refractivity contribution in [3.63, 3.8) is 0 Å². The van der Waals surface area contributed by atoms with Gasteiger partial charge in [-0.2, -0.15) is 25.6 Å². The third-order valence-corrected chi connectivity index (χ3v) is 7.33. The maximum atomic E-state index is 13.2.